The maximum Gasteiger partial charge on any atom is 0.261 e. The van der Waals surface area contributed by atoms with Crippen molar-refractivity contribution in [2.45, 2.75) is 32.6 Å². The minimum atomic E-state index is -0.220. The van der Waals surface area contributed by atoms with E-state index >= 15 is 0 Å². The van der Waals surface area contributed by atoms with Gasteiger partial charge in [-0.2, -0.15) is 0 Å². The molecule has 1 aliphatic rings. The van der Waals surface area contributed by atoms with Gasteiger partial charge >= 0.3 is 0 Å². The average molecular weight is 476 g/mol. The lowest BCUT2D eigenvalue weighted by Gasteiger charge is -2.13. The molecule has 0 saturated heterocycles. The number of anilines is 1. The first kappa shape index (κ1) is 19.5. The highest BCUT2D eigenvalue weighted by Gasteiger charge is 2.34. The molecule has 0 fully saturated rings. The van der Waals surface area contributed by atoms with Crippen molar-refractivity contribution in [1.82, 2.24) is 4.90 Å². The second-order valence-corrected chi connectivity index (χ2v) is 7.93. The van der Waals surface area contributed by atoms with Crippen LogP contribution in [0.15, 0.2) is 42.5 Å². The summed E-state index contributed by atoms with van der Waals surface area (Å²) in [6.07, 6.45) is 2.62. The Hall–Kier alpha value is -2.22. The van der Waals surface area contributed by atoms with Crippen LogP contribution in [0.3, 0.4) is 0 Å². The number of unbranched alkanes of at least 4 members (excludes halogenated alkanes) is 2. The van der Waals surface area contributed by atoms with Gasteiger partial charge in [0.05, 0.1) is 11.1 Å². The van der Waals surface area contributed by atoms with Crippen LogP contribution in [-0.2, 0) is 4.79 Å². The highest BCUT2D eigenvalue weighted by atomic mass is 127. The van der Waals surface area contributed by atoms with Crippen molar-refractivity contribution in [2.24, 2.45) is 0 Å². The van der Waals surface area contributed by atoms with Crippen LogP contribution in [-0.4, -0.2) is 29.2 Å². The predicted octanol–water partition coefficient (Wildman–Crippen LogP) is 4.39. The van der Waals surface area contributed by atoms with E-state index in [1.54, 1.807) is 24.3 Å². The summed E-state index contributed by atoms with van der Waals surface area (Å²) in [6, 6.07) is 12.8. The molecule has 5 nitrogen and oxygen atoms in total. The van der Waals surface area contributed by atoms with E-state index < -0.39 is 0 Å². The lowest BCUT2D eigenvalue weighted by molar-refractivity contribution is -0.116. The van der Waals surface area contributed by atoms with E-state index in [0.717, 1.165) is 27.7 Å². The van der Waals surface area contributed by atoms with Crippen molar-refractivity contribution in [2.75, 3.05) is 11.9 Å². The van der Waals surface area contributed by atoms with Gasteiger partial charge in [0.25, 0.3) is 11.8 Å². The van der Waals surface area contributed by atoms with Crippen LogP contribution in [0.4, 0.5) is 5.69 Å². The molecule has 1 aliphatic heterocycles. The van der Waals surface area contributed by atoms with Crippen LogP contribution in [0, 0.1) is 10.5 Å². The summed E-state index contributed by atoms with van der Waals surface area (Å²) in [6.45, 7) is 2.39. The molecule has 0 radical (unpaired) electrons. The SMILES string of the molecule is Cc1cc(I)cc(NC(=O)CCCCCN2C(=O)c3ccccc3C2=O)c1. The summed E-state index contributed by atoms with van der Waals surface area (Å²) < 4.78 is 1.09. The molecule has 0 bridgehead atoms. The van der Waals surface area contributed by atoms with Crippen molar-refractivity contribution in [1.29, 1.82) is 0 Å². The summed E-state index contributed by atoms with van der Waals surface area (Å²) in [5, 5.41) is 2.92. The lowest BCUT2D eigenvalue weighted by atomic mass is 10.1. The van der Waals surface area contributed by atoms with E-state index in [0.29, 0.717) is 30.5 Å². The molecule has 0 unspecified atom stereocenters. The Morgan fingerprint density at radius 3 is 2.30 bits per heavy atom. The zero-order chi connectivity index (χ0) is 19.4. The van der Waals surface area contributed by atoms with E-state index in [4.69, 9.17) is 0 Å². The first-order valence-corrected chi connectivity index (χ1v) is 10.1. The molecule has 0 spiro atoms. The fourth-order valence-corrected chi connectivity index (χ4v) is 4.03. The van der Waals surface area contributed by atoms with Gasteiger partial charge in [-0.25, -0.2) is 0 Å². The molecule has 0 aromatic heterocycles. The van der Waals surface area contributed by atoms with E-state index in [9.17, 15) is 14.4 Å². The van der Waals surface area contributed by atoms with E-state index in [-0.39, 0.29) is 17.7 Å². The van der Waals surface area contributed by atoms with Crippen molar-refractivity contribution in [3.05, 3.63) is 62.7 Å². The Morgan fingerprint density at radius 2 is 1.67 bits per heavy atom. The van der Waals surface area contributed by atoms with Crippen LogP contribution in [0.5, 0.6) is 0 Å². The number of aryl methyl sites for hydroxylation is 1. The molecule has 140 valence electrons. The third-order valence-corrected chi connectivity index (χ3v) is 5.11. The second-order valence-electron chi connectivity index (χ2n) is 6.68. The van der Waals surface area contributed by atoms with Crippen LogP contribution < -0.4 is 5.32 Å². The number of hydrogen-bond donors (Lipinski definition) is 1. The topological polar surface area (TPSA) is 66.5 Å². The third kappa shape index (κ3) is 4.74. The first-order valence-electron chi connectivity index (χ1n) is 8.98. The van der Waals surface area contributed by atoms with Gasteiger partial charge in [-0.05, 0) is 78.3 Å². The normalized spacial score (nSPS) is 13.0. The summed E-state index contributed by atoms with van der Waals surface area (Å²) in [5.41, 5.74) is 2.89. The standard InChI is InChI=1S/C21H21IN2O3/c1-14-11-15(22)13-16(12-14)23-19(25)9-3-2-6-10-24-20(26)17-7-4-5-8-18(17)21(24)27/h4-5,7-8,11-13H,2-3,6,9-10H2,1H3,(H,23,25). The van der Waals surface area contributed by atoms with E-state index in [1.807, 2.05) is 19.1 Å². The Balaban J connectivity index is 1.40. The fourth-order valence-electron chi connectivity index (χ4n) is 3.21. The molecule has 1 heterocycles. The molecule has 2 aromatic rings. The molecule has 1 N–H and O–H groups in total. The number of benzene rings is 2. The molecule has 3 rings (SSSR count). The Kier molecular flexibility index (Phi) is 6.26. The van der Waals surface area contributed by atoms with Gasteiger partial charge in [0.15, 0.2) is 0 Å². The highest BCUT2D eigenvalue weighted by molar-refractivity contribution is 14.1. The average Bonchev–Trinajstić information content (AvgIpc) is 2.85. The molecule has 2 aromatic carbocycles. The molecule has 6 heteroatoms. The highest BCUT2D eigenvalue weighted by Crippen LogP contribution is 2.23. The smallest absolute Gasteiger partial charge is 0.261 e. The monoisotopic (exact) mass is 476 g/mol. The number of nitrogens with one attached hydrogen (secondary N) is 1. The maximum absolute atomic E-state index is 12.3. The van der Waals surface area contributed by atoms with Gasteiger partial charge in [0, 0.05) is 22.2 Å². The van der Waals surface area contributed by atoms with Crippen LogP contribution in [0.25, 0.3) is 0 Å². The molecule has 0 aliphatic carbocycles. The Bertz CT molecular complexity index is 839. The van der Waals surface area contributed by atoms with Crippen LogP contribution in [0.2, 0.25) is 0 Å². The predicted molar refractivity (Wildman–Crippen MR) is 113 cm³/mol. The molecule has 3 amide bonds. The zero-order valence-corrected chi connectivity index (χ0v) is 17.3. The van der Waals surface area contributed by atoms with E-state index in [2.05, 4.69) is 34.0 Å². The number of amides is 3. The number of imide groups is 1. The van der Waals surface area contributed by atoms with Crippen molar-refractivity contribution in [3.63, 3.8) is 0 Å². The number of halogens is 1. The zero-order valence-electron chi connectivity index (χ0n) is 15.1. The summed E-state index contributed by atoms with van der Waals surface area (Å²) >= 11 is 2.23. The van der Waals surface area contributed by atoms with Gasteiger partial charge in [-0.15, -0.1) is 0 Å². The minimum absolute atomic E-state index is 0.0165. The van der Waals surface area contributed by atoms with Crippen LogP contribution >= 0.6 is 22.6 Å². The van der Waals surface area contributed by atoms with Gasteiger partial charge in [0.2, 0.25) is 5.91 Å². The second kappa shape index (κ2) is 8.65. The largest absolute Gasteiger partial charge is 0.326 e. The molecular formula is C21H21IN2O3. The van der Waals surface area contributed by atoms with Gasteiger partial charge in [0.1, 0.15) is 0 Å². The Morgan fingerprint density at radius 1 is 1.00 bits per heavy atom. The summed E-state index contributed by atoms with van der Waals surface area (Å²) in [5.74, 6) is -0.457. The van der Waals surface area contributed by atoms with Crippen molar-refractivity contribution < 1.29 is 14.4 Å². The van der Waals surface area contributed by atoms with Crippen molar-refractivity contribution >= 4 is 46.0 Å². The number of carbonyl (C=O) groups is 3. The quantitative estimate of drug-likeness (QED) is 0.366. The molecule has 0 atom stereocenters. The molecule has 0 saturated carbocycles. The van der Waals surface area contributed by atoms with Gasteiger partial charge in [-0.1, -0.05) is 18.6 Å². The fraction of sp³-hybridized carbons (Fsp3) is 0.286. The van der Waals surface area contributed by atoms with Crippen molar-refractivity contribution in [3.8, 4) is 0 Å². The first-order chi connectivity index (χ1) is 13.0. The summed E-state index contributed by atoms with van der Waals surface area (Å²) in [4.78, 5) is 37.9. The Labute approximate surface area is 172 Å². The van der Waals surface area contributed by atoms with E-state index in [1.165, 1.54) is 4.90 Å². The molecular weight excluding hydrogens is 455 g/mol. The number of fused-ring (bicyclic) bond motifs is 1. The summed E-state index contributed by atoms with van der Waals surface area (Å²) in [7, 11) is 0. The minimum Gasteiger partial charge on any atom is -0.326 e. The number of rotatable bonds is 7. The maximum atomic E-state index is 12.3. The van der Waals surface area contributed by atoms with Gasteiger partial charge < -0.3 is 5.32 Å². The van der Waals surface area contributed by atoms with Gasteiger partial charge in [-0.3, -0.25) is 19.3 Å². The molecule has 27 heavy (non-hydrogen) atoms. The number of carbonyl (C=O) groups excluding carboxylic acids is 3. The van der Waals surface area contributed by atoms with Crippen LogP contribution in [0.1, 0.15) is 52.0 Å². The number of nitrogens with zero attached hydrogens (tertiary/aromatic N) is 1. The third-order valence-electron chi connectivity index (χ3n) is 4.49. The lowest BCUT2D eigenvalue weighted by Crippen LogP contribution is -2.30. The number of hydrogen-bond acceptors (Lipinski definition) is 3.